The molecule has 0 aromatic carbocycles. The molecule has 0 aromatic rings. The Bertz CT molecular complexity index is 583. The number of nitrogens with zero attached hydrogens (tertiary/aromatic N) is 4. The van der Waals surface area contributed by atoms with Crippen LogP contribution in [-0.4, -0.2) is 103 Å². The molecule has 0 aliphatic carbocycles. The number of guanidine groups is 1. The van der Waals surface area contributed by atoms with Crippen LogP contribution in [0.4, 0.5) is 4.79 Å². The average Bonchev–Trinajstić information content (AvgIpc) is 3.06. The number of carbonyl (C=O) groups is 1. The summed E-state index contributed by atoms with van der Waals surface area (Å²) in [6, 6.07) is 0.731. The largest absolute Gasteiger partial charge is 0.444 e. The van der Waals surface area contributed by atoms with Crippen molar-refractivity contribution >= 4 is 12.1 Å². The summed E-state index contributed by atoms with van der Waals surface area (Å²) in [7, 11) is 0. The normalized spacial score (nSPS) is 24.3. The van der Waals surface area contributed by atoms with E-state index in [0.29, 0.717) is 25.0 Å². The van der Waals surface area contributed by atoms with Crippen LogP contribution in [0.3, 0.4) is 0 Å². The Labute approximate surface area is 175 Å². The molecule has 0 spiro atoms. The minimum absolute atomic E-state index is 0.220. The number of aliphatic imine (C=N–C) groups is 1. The van der Waals surface area contributed by atoms with Crippen molar-refractivity contribution in [3.63, 3.8) is 0 Å². The molecular weight excluding hydrogens is 370 g/mol. The Morgan fingerprint density at radius 3 is 2.62 bits per heavy atom. The average molecular weight is 410 g/mol. The number of hydrogen-bond acceptors (Lipinski definition) is 7. The summed E-state index contributed by atoms with van der Waals surface area (Å²) in [6.07, 6.45) is 0.943. The van der Waals surface area contributed by atoms with E-state index in [9.17, 15) is 4.79 Å². The lowest BCUT2D eigenvalue weighted by Crippen LogP contribution is -2.58. The highest BCUT2D eigenvalue weighted by Gasteiger charge is 2.36. The topological polar surface area (TPSA) is 69.6 Å². The fraction of sp³-hybridized carbons (Fsp3) is 0.905. The van der Waals surface area contributed by atoms with Crippen molar-refractivity contribution in [2.24, 2.45) is 10.9 Å². The van der Waals surface area contributed by atoms with Gasteiger partial charge in [0.1, 0.15) is 5.60 Å². The first-order chi connectivity index (χ1) is 13.7. The minimum atomic E-state index is -0.460. The first-order valence-electron chi connectivity index (χ1n) is 11.1. The van der Waals surface area contributed by atoms with Crippen molar-refractivity contribution in [2.45, 2.75) is 58.7 Å². The number of carbonyl (C=O) groups excluding carboxylic acids is 1. The second kappa shape index (κ2) is 9.51. The van der Waals surface area contributed by atoms with E-state index < -0.39 is 5.60 Å². The summed E-state index contributed by atoms with van der Waals surface area (Å²) in [5.74, 6) is 1.64. The van der Waals surface area contributed by atoms with Gasteiger partial charge >= 0.3 is 6.09 Å². The molecule has 8 nitrogen and oxygen atoms in total. The van der Waals surface area contributed by atoms with Crippen LogP contribution in [0.2, 0.25) is 0 Å². The monoisotopic (exact) mass is 409 g/mol. The maximum atomic E-state index is 12.4. The van der Waals surface area contributed by atoms with E-state index in [1.807, 2.05) is 25.7 Å². The van der Waals surface area contributed by atoms with Gasteiger partial charge < -0.3 is 24.6 Å². The fourth-order valence-corrected chi connectivity index (χ4v) is 4.28. The van der Waals surface area contributed by atoms with Crippen LogP contribution in [0.5, 0.6) is 0 Å². The van der Waals surface area contributed by atoms with Gasteiger partial charge in [0, 0.05) is 45.3 Å². The standard InChI is InChI=1S/C21H39N5O3/c1-16(2)12-17(24-8-10-28-11-9-24)13-22-19-23-14-18-15-25(6-7-26(18)19)20(27)29-21(3,4)5/h16-18H,6-15H2,1-5H3,(H,22,23). The van der Waals surface area contributed by atoms with Gasteiger partial charge in [0.2, 0.25) is 0 Å². The predicted octanol–water partition coefficient (Wildman–Crippen LogP) is 1.61. The highest BCUT2D eigenvalue weighted by Crippen LogP contribution is 2.19. The van der Waals surface area contributed by atoms with Crippen molar-refractivity contribution in [3.8, 4) is 0 Å². The number of fused-ring (bicyclic) bond motifs is 1. The van der Waals surface area contributed by atoms with Crippen molar-refractivity contribution in [2.75, 3.05) is 59.0 Å². The van der Waals surface area contributed by atoms with Gasteiger partial charge in [0.25, 0.3) is 0 Å². The maximum absolute atomic E-state index is 12.4. The van der Waals surface area contributed by atoms with Crippen LogP contribution < -0.4 is 5.32 Å². The SMILES string of the molecule is CC(C)CC(CNC1=NCC2CN(C(=O)OC(C)(C)C)CCN12)N1CCOCC1. The molecule has 3 aliphatic heterocycles. The molecule has 2 atom stereocenters. The fourth-order valence-electron chi connectivity index (χ4n) is 4.28. The lowest BCUT2D eigenvalue weighted by Gasteiger charge is -2.40. The summed E-state index contributed by atoms with van der Waals surface area (Å²) >= 11 is 0. The van der Waals surface area contributed by atoms with Gasteiger partial charge in [-0.2, -0.15) is 0 Å². The molecule has 29 heavy (non-hydrogen) atoms. The first-order valence-corrected chi connectivity index (χ1v) is 11.1. The van der Waals surface area contributed by atoms with E-state index in [-0.39, 0.29) is 12.1 Å². The van der Waals surface area contributed by atoms with Gasteiger partial charge in [-0.3, -0.25) is 9.89 Å². The molecule has 1 N–H and O–H groups in total. The summed E-state index contributed by atoms with van der Waals surface area (Å²) in [5.41, 5.74) is -0.460. The lowest BCUT2D eigenvalue weighted by atomic mass is 10.0. The Balaban J connectivity index is 1.51. The third-order valence-corrected chi connectivity index (χ3v) is 5.66. The molecule has 3 heterocycles. The van der Waals surface area contributed by atoms with Gasteiger partial charge in [0.15, 0.2) is 5.96 Å². The summed E-state index contributed by atoms with van der Waals surface area (Å²) in [5, 5.41) is 3.62. The van der Waals surface area contributed by atoms with Gasteiger partial charge in [-0.25, -0.2) is 4.79 Å². The number of ether oxygens (including phenoxy) is 2. The second-order valence-corrected chi connectivity index (χ2v) is 9.75. The van der Waals surface area contributed by atoms with E-state index in [1.54, 1.807) is 0 Å². The maximum Gasteiger partial charge on any atom is 0.410 e. The number of amides is 1. The molecule has 0 saturated carbocycles. The van der Waals surface area contributed by atoms with Gasteiger partial charge in [-0.05, 0) is 33.1 Å². The lowest BCUT2D eigenvalue weighted by molar-refractivity contribution is 0.0116. The third kappa shape index (κ3) is 6.22. The van der Waals surface area contributed by atoms with Crippen molar-refractivity contribution in [1.29, 1.82) is 0 Å². The quantitative estimate of drug-likeness (QED) is 0.744. The molecule has 0 radical (unpaired) electrons. The highest BCUT2D eigenvalue weighted by molar-refractivity contribution is 5.82. The molecule has 3 aliphatic rings. The van der Waals surface area contributed by atoms with E-state index in [1.165, 1.54) is 0 Å². The highest BCUT2D eigenvalue weighted by atomic mass is 16.6. The van der Waals surface area contributed by atoms with Crippen LogP contribution in [0, 0.1) is 5.92 Å². The van der Waals surface area contributed by atoms with E-state index in [2.05, 4.69) is 29.0 Å². The summed E-state index contributed by atoms with van der Waals surface area (Å²) in [6.45, 7) is 17.7. The minimum Gasteiger partial charge on any atom is -0.444 e. The van der Waals surface area contributed by atoms with Crippen LogP contribution in [0.15, 0.2) is 4.99 Å². The van der Waals surface area contributed by atoms with Crippen LogP contribution in [-0.2, 0) is 9.47 Å². The van der Waals surface area contributed by atoms with Crippen LogP contribution >= 0.6 is 0 Å². The number of hydrogen-bond donors (Lipinski definition) is 1. The Morgan fingerprint density at radius 1 is 1.24 bits per heavy atom. The molecule has 2 unspecified atom stereocenters. The zero-order chi connectivity index (χ0) is 21.0. The van der Waals surface area contributed by atoms with Crippen LogP contribution in [0.1, 0.15) is 41.0 Å². The Morgan fingerprint density at radius 2 is 1.97 bits per heavy atom. The summed E-state index contributed by atoms with van der Waals surface area (Å²) < 4.78 is 11.1. The van der Waals surface area contributed by atoms with Crippen molar-refractivity contribution in [1.82, 2.24) is 20.0 Å². The predicted molar refractivity (Wildman–Crippen MR) is 114 cm³/mol. The zero-order valence-corrected chi connectivity index (χ0v) is 18.8. The molecule has 3 rings (SSSR count). The van der Waals surface area contributed by atoms with E-state index in [4.69, 9.17) is 14.5 Å². The van der Waals surface area contributed by atoms with Crippen molar-refractivity contribution in [3.05, 3.63) is 0 Å². The number of piperazine rings is 1. The molecule has 8 heteroatoms. The molecule has 0 bridgehead atoms. The first kappa shape index (κ1) is 22.2. The molecule has 166 valence electrons. The molecule has 0 aromatic heterocycles. The van der Waals surface area contributed by atoms with Gasteiger partial charge in [0.05, 0.1) is 25.8 Å². The van der Waals surface area contributed by atoms with Crippen LogP contribution in [0.25, 0.3) is 0 Å². The number of morpholine rings is 1. The molecule has 2 fully saturated rings. The van der Waals surface area contributed by atoms with Gasteiger partial charge in [-0.1, -0.05) is 13.8 Å². The molecule has 1 amide bonds. The van der Waals surface area contributed by atoms with Gasteiger partial charge in [-0.15, -0.1) is 0 Å². The summed E-state index contributed by atoms with van der Waals surface area (Å²) in [4.78, 5) is 23.8. The van der Waals surface area contributed by atoms with Crippen molar-refractivity contribution < 1.29 is 14.3 Å². The van der Waals surface area contributed by atoms with E-state index in [0.717, 1.165) is 58.3 Å². The smallest absolute Gasteiger partial charge is 0.410 e. The number of rotatable bonds is 5. The number of nitrogens with one attached hydrogen (secondary N) is 1. The Hall–Kier alpha value is -1.54. The Kier molecular flexibility index (Phi) is 7.27. The third-order valence-electron chi connectivity index (χ3n) is 5.66. The molecule has 2 saturated heterocycles. The zero-order valence-electron chi connectivity index (χ0n) is 18.8. The van der Waals surface area contributed by atoms with E-state index >= 15 is 0 Å². The molecular formula is C21H39N5O3. The second-order valence-electron chi connectivity index (χ2n) is 9.75.